The number of nitrogens with two attached hydrogens (primary N) is 1. The number of phenolic OH excluding ortho intramolecular Hbond substituents is 1. The van der Waals surface area contributed by atoms with Gasteiger partial charge in [-0.05, 0) is 43.4 Å². The SMILES string of the molecule is NC(Cc1cnc[nH]1)C(=O)N1CCCC1C(=O)NC(Cc1ccc(O)cc1)C(=O)N1CCCC1C(=O)O. The number of phenols is 1. The summed E-state index contributed by atoms with van der Waals surface area (Å²) in [6, 6.07) is 2.61. The van der Waals surface area contributed by atoms with Crippen LogP contribution in [0.2, 0.25) is 0 Å². The number of aliphatic carboxylic acids is 1. The number of amides is 3. The zero-order chi connectivity index (χ0) is 26.5. The topological polar surface area (TPSA) is 182 Å². The Hall–Kier alpha value is -3.93. The van der Waals surface area contributed by atoms with Crippen LogP contribution < -0.4 is 11.1 Å². The Morgan fingerprint density at radius 2 is 1.68 bits per heavy atom. The van der Waals surface area contributed by atoms with Crippen molar-refractivity contribution >= 4 is 23.7 Å². The molecule has 1 aromatic carbocycles. The van der Waals surface area contributed by atoms with E-state index in [1.165, 1.54) is 28.3 Å². The lowest BCUT2D eigenvalue weighted by molar-refractivity contribution is -0.149. The normalized spacial score (nSPS) is 21.0. The Kier molecular flexibility index (Phi) is 8.07. The van der Waals surface area contributed by atoms with Gasteiger partial charge in [0.25, 0.3) is 0 Å². The van der Waals surface area contributed by atoms with Gasteiger partial charge < -0.3 is 36.0 Å². The van der Waals surface area contributed by atoms with E-state index in [0.717, 1.165) is 0 Å². The van der Waals surface area contributed by atoms with Crippen LogP contribution in [0, 0.1) is 0 Å². The van der Waals surface area contributed by atoms with Gasteiger partial charge in [0.05, 0.1) is 12.4 Å². The number of aromatic nitrogens is 2. The molecule has 0 aliphatic carbocycles. The van der Waals surface area contributed by atoms with Crippen LogP contribution in [0.1, 0.15) is 36.9 Å². The number of carbonyl (C=O) groups excluding carboxylic acids is 3. The minimum atomic E-state index is -1.08. The lowest BCUT2D eigenvalue weighted by Gasteiger charge is -2.30. The molecule has 2 fully saturated rings. The maximum atomic E-state index is 13.5. The lowest BCUT2D eigenvalue weighted by Crippen LogP contribution is -2.57. The number of benzene rings is 1. The maximum Gasteiger partial charge on any atom is 0.326 e. The average Bonchev–Trinajstić information content (AvgIpc) is 3.65. The van der Waals surface area contributed by atoms with Crippen molar-refractivity contribution in [3.63, 3.8) is 0 Å². The first-order chi connectivity index (χ1) is 17.7. The van der Waals surface area contributed by atoms with Crippen molar-refractivity contribution < 1.29 is 29.4 Å². The third-order valence-electron chi connectivity index (χ3n) is 6.96. The van der Waals surface area contributed by atoms with Gasteiger partial charge in [-0.3, -0.25) is 14.4 Å². The Morgan fingerprint density at radius 3 is 2.30 bits per heavy atom. The lowest BCUT2D eigenvalue weighted by atomic mass is 10.0. The molecular weight excluding hydrogens is 480 g/mol. The number of H-pyrrole nitrogens is 1. The molecule has 4 rings (SSSR count). The van der Waals surface area contributed by atoms with Crippen molar-refractivity contribution in [3.8, 4) is 5.75 Å². The molecule has 12 nitrogen and oxygen atoms in total. The van der Waals surface area contributed by atoms with Gasteiger partial charge in [0.15, 0.2) is 0 Å². The van der Waals surface area contributed by atoms with Crippen LogP contribution in [0.5, 0.6) is 5.75 Å². The van der Waals surface area contributed by atoms with Crippen molar-refractivity contribution in [2.24, 2.45) is 5.73 Å². The van der Waals surface area contributed by atoms with Crippen LogP contribution >= 0.6 is 0 Å². The Morgan fingerprint density at radius 1 is 1.03 bits per heavy atom. The highest BCUT2D eigenvalue weighted by molar-refractivity contribution is 5.94. The van der Waals surface area contributed by atoms with Gasteiger partial charge in [-0.15, -0.1) is 0 Å². The summed E-state index contributed by atoms with van der Waals surface area (Å²) in [5, 5.41) is 21.9. The van der Waals surface area contributed by atoms with Gasteiger partial charge in [-0.1, -0.05) is 12.1 Å². The zero-order valence-corrected chi connectivity index (χ0v) is 20.4. The van der Waals surface area contributed by atoms with Crippen molar-refractivity contribution in [1.29, 1.82) is 0 Å². The summed E-state index contributed by atoms with van der Waals surface area (Å²) in [6.45, 7) is 0.658. The smallest absolute Gasteiger partial charge is 0.326 e. The Balaban J connectivity index is 1.49. The van der Waals surface area contributed by atoms with E-state index in [9.17, 15) is 29.4 Å². The highest BCUT2D eigenvalue weighted by Gasteiger charge is 2.41. The first-order valence-electron chi connectivity index (χ1n) is 12.4. The van der Waals surface area contributed by atoms with Gasteiger partial charge in [-0.2, -0.15) is 0 Å². The van der Waals surface area contributed by atoms with Gasteiger partial charge in [0.2, 0.25) is 17.7 Å². The second-order valence-corrected chi connectivity index (χ2v) is 9.54. The zero-order valence-electron chi connectivity index (χ0n) is 20.4. The van der Waals surface area contributed by atoms with Crippen LogP contribution in [0.15, 0.2) is 36.8 Å². The average molecular weight is 513 g/mol. The van der Waals surface area contributed by atoms with E-state index in [1.54, 1.807) is 18.3 Å². The second-order valence-electron chi connectivity index (χ2n) is 9.54. The number of hydrogen-bond acceptors (Lipinski definition) is 7. The fourth-order valence-corrected chi connectivity index (χ4v) is 5.06. The summed E-state index contributed by atoms with van der Waals surface area (Å²) in [6.07, 6.45) is 5.38. The number of likely N-dealkylation sites (tertiary alicyclic amines) is 2. The van der Waals surface area contributed by atoms with Crippen molar-refractivity contribution in [1.82, 2.24) is 25.1 Å². The quantitative estimate of drug-likeness (QED) is 0.305. The van der Waals surface area contributed by atoms with Crippen molar-refractivity contribution in [3.05, 3.63) is 48.0 Å². The van der Waals surface area contributed by atoms with Crippen molar-refractivity contribution in [2.45, 2.75) is 62.7 Å². The number of carboxylic acid groups (broad SMARTS) is 1. The molecule has 0 spiro atoms. The molecule has 2 aliphatic rings. The summed E-state index contributed by atoms with van der Waals surface area (Å²) < 4.78 is 0. The van der Waals surface area contributed by atoms with E-state index in [4.69, 9.17) is 5.73 Å². The molecule has 37 heavy (non-hydrogen) atoms. The largest absolute Gasteiger partial charge is 0.508 e. The molecule has 2 aromatic rings. The third-order valence-corrected chi connectivity index (χ3v) is 6.96. The minimum Gasteiger partial charge on any atom is -0.508 e. The number of carboxylic acids is 1. The monoisotopic (exact) mass is 512 g/mol. The number of rotatable bonds is 9. The number of carbonyl (C=O) groups is 4. The van der Waals surface area contributed by atoms with Crippen LogP contribution in [-0.2, 0) is 32.0 Å². The first kappa shape index (κ1) is 26.1. The summed E-state index contributed by atoms with van der Waals surface area (Å²) in [7, 11) is 0. The Labute approximate surface area is 213 Å². The van der Waals surface area contributed by atoms with Crippen LogP contribution in [0.3, 0.4) is 0 Å². The molecule has 198 valence electrons. The van der Waals surface area contributed by atoms with E-state index >= 15 is 0 Å². The summed E-state index contributed by atoms with van der Waals surface area (Å²) >= 11 is 0. The molecule has 2 aliphatic heterocycles. The Bertz CT molecular complexity index is 1120. The number of nitrogens with zero attached hydrogens (tertiary/aromatic N) is 3. The van der Waals surface area contributed by atoms with Crippen molar-refractivity contribution in [2.75, 3.05) is 13.1 Å². The number of imidazole rings is 1. The van der Waals surface area contributed by atoms with Crippen LogP contribution in [0.4, 0.5) is 0 Å². The number of nitrogens with one attached hydrogen (secondary N) is 2. The number of aromatic hydroxyl groups is 1. The standard InChI is InChI=1S/C25H32N6O6/c26-18(12-16-13-27-14-28-16)23(34)30-9-1-3-20(30)22(33)29-19(11-15-5-7-17(32)8-6-15)24(35)31-10-2-4-21(31)25(36)37/h5-8,13-14,18-21,32H,1-4,9-12,26H2,(H,27,28)(H,29,33)(H,36,37). The van der Waals surface area contributed by atoms with E-state index in [0.29, 0.717) is 43.5 Å². The molecule has 3 heterocycles. The van der Waals surface area contributed by atoms with Crippen LogP contribution in [0.25, 0.3) is 0 Å². The summed E-state index contributed by atoms with van der Waals surface area (Å²) in [4.78, 5) is 61.2. The second kappa shape index (κ2) is 11.4. The molecule has 0 bridgehead atoms. The van der Waals surface area contributed by atoms with Gasteiger partial charge in [0, 0.05) is 37.8 Å². The molecule has 0 saturated carbocycles. The number of aromatic amines is 1. The van der Waals surface area contributed by atoms with Gasteiger partial charge >= 0.3 is 5.97 Å². The predicted molar refractivity (Wildman–Crippen MR) is 131 cm³/mol. The molecule has 3 amide bonds. The van der Waals surface area contributed by atoms with Gasteiger partial charge in [-0.25, -0.2) is 9.78 Å². The molecular formula is C25H32N6O6. The van der Waals surface area contributed by atoms with E-state index in [-0.39, 0.29) is 31.0 Å². The molecule has 6 N–H and O–H groups in total. The highest BCUT2D eigenvalue weighted by Crippen LogP contribution is 2.22. The van der Waals surface area contributed by atoms with E-state index in [1.807, 2.05) is 0 Å². The maximum absolute atomic E-state index is 13.5. The molecule has 12 heteroatoms. The fraction of sp³-hybridized carbons (Fsp3) is 0.480. The van der Waals surface area contributed by atoms with E-state index in [2.05, 4.69) is 15.3 Å². The number of hydrogen-bond donors (Lipinski definition) is 5. The molecule has 1 aromatic heterocycles. The molecule has 2 saturated heterocycles. The summed E-state index contributed by atoms with van der Waals surface area (Å²) in [5.74, 6) is -2.35. The van der Waals surface area contributed by atoms with E-state index < -0.39 is 42.0 Å². The van der Waals surface area contributed by atoms with Gasteiger partial charge in [0.1, 0.15) is 23.9 Å². The predicted octanol–water partition coefficient (Wildman–Crippen LogP) is -0.221. The molecule has 0 radical (unpaired) electrons. The molecule has 4 atom stereocenters. The molecule has 4 unspecified atom stereocenters. The highest BCUT2D eigenvalue weighted by atomic mass is 16.4. The summed E-state index contributed by atoms with van der Waals surface area (Å²) in [5.41, 5.74) is 7.52. The third kappa shape index (κ3) is 6.08. The van der Waals surface area contributed by atoms with Crippen LogP contribution in [-0.4, -0.2) is 90.9 Å². The minimum absolute atomic E-state index is 0.0627. The fourth-order valence-electron chi connectivity index (χ4n) is 5.06. The first-order valence-corrected chi connectivity index (χ1v) is 12.4.